The number of hydrogen-bond acceptors (Lipinski definition) is 3. The summed E-state index contributed by atoms with van der Waals surface area (Å²) in [4.78, 5) is 12.3. The van der Waals surface area contributed by atoms with E-state index >= 15 is 0 Å². The molecule has 1 unspecified atom stereocenters. The maximum Gasteiger partial charge on any atom is 0.251 e. The number of benzene rings is 2. The first-order chi connectivity index (χ1) is 10.0. The number of nitrogens with two attached hydrogens (primary N) is 1. The first kappa shape index (κ1) is 15.4. The van der Waals surface area contributed by atoms with Crippen LogP contribution >= 0.6 is 11.6 Å². The standard InChI is InChI=1S/C16H18ClN3O/c1-10-9-13(5-8-15(10)20-18)16(21)19-11(2)12-3-6-14(17)7-4-12/h3-9,11,20H,18H2,1-2H3,(H,19,21). The van der Waals surface area contributed by atoms with Crippen molar-refractivity contribution in [3.05, 3.63) is 64.2 Å². The average Bonchev–Trinajstić information content (AvgIpc) is 2.47. The molecule has 0 radical (unpaired) electrons. The van der Waals surface area contributed by atoms with E-state index < -0.39 is 0 Å². The molecule has 110 valence electrons. The van der Waals surface area contributed by atoms with E-state index in [1.165, 1.54) is 0 Å². The molecule has 0 aliphatic heterocycles. The smallest absolute Gasteiger partial charge is 0.251 e. The lowest BCUT2D eigenvalue weighted by atomic mass is 10.1. The highest BCUT2D eigenvalue weighted by Gasteiger charge is 2.12. The molecule has 4 N–H and O–H groups in total. The van der Waals surface area contributed by atoms with Gasteiger partial charge in [-0.2, -0.15) is 0 Å². The van der Waals surface area contributed by atoms with Gasteiger partial charge < -0.3 is 10.7 Å². The molecule has 0 fully saturated rings. The summed E-state index contributed by atoms with van der Waals surface area (Å²) in [7, 11) is 0. The molecular weight excluding hydrogens is 286 g/mol. The Balaban J connectivity index is 2.10. The Morgan fingerprint density at radius 1 is 1.19 bits per heavy atom. The van der Waals surface area contributed by atoms with Gasteiger partial charge in [-0.25, -0.2) is 0 Å². The largest absolute Gasteiger partial charge is 0.346 e. The predicted molar refractivity (Wildman–Crippen MR) is 86.3 cm³/mol. The molecule has 0 aromatic heterocycles. The van der Waals surface area contributed by atoms with Crippen molar-refractivity contribution in [3.8, 4) is 0 Å². The van der Waals surface area contributed by atoms with E-state index in [2.05, 4.69) is 10.7 Å². The minimum Gasteiger partial charge on any atom is -0.346 e. The third-order valence-electron chi connectivity index (χ3n) is 3.36. The minimum atomic E-state index is -0.121. The van der Waals surface area contributed by atoms with Crippen LogP contribution < -0.4 is 16.6 Å². The van der Waals surface area contributed by atoms with Gasteiger partial charge in [0, 0.05) is 10.6 Å². The Morgan fingerprint density at radius 3 is 2.43 bits per heavy atom. The van der Waals surface area contributed by atoms with Crippen LogP contribution in [0.15, 0.2) is 42.5 Å². The van der Waals surface area contributed by atoms with E-state index in [0.29, 0.717) is 10.6 Å². The quantitative estimate of drug-likeness (QED) is 0.599. The highest BCUT2D eigenvalue weighted by molar-refractivity contribution is 6.30. The molecule has 0 bridgehead atoms. The number of carbonyl (C=O) groups is 1. The Labute approximate surface area is 129 Å². The van der Waals surface area contributed by atoms with Gasteiger partial charge in [-0.1, -0.05) is 23.7 Å². The number of carbonyl (C=O) groups excluding carboxylic acids is 1. The van der Waals surface area contributed by atoms with Gasteiger partial charge in [-0.05, 0) is 55.3 Å². The van der Waals surface area contributed by atoms with Crippen LogP contribution in [0.25, 0.3) is 0 Å². The number of hydrazine groups is 1. The molecule has 4 nitrogen and oxygen atoms in total. The van der Waals surface area contributed by atoms with Crippen molar-refractivity contribution < 1.29 is 4.79 Å². The van der Waals surface area contributed by atoms with E-state index in [4.69, 9.17) is 17.4 Å². The Hall–Kier alpha value is -2.04. The summed E-state index contributed by atoms with van der Waals surface area (Å²) in [5.41, 5.74) is 5.92. The molecule has 0 heterocycles. The third-order valence-corrected chi connectivity index (χ3v) is 3.61. The summed E-state index contributed by atoms with van der Waals surface area (Å²) in [6, 6.07) is 12.7. The molecule has 2 aromatic carbocycles. The van der Waals surface area contributed by atoms with Gasteiger partial charge in [0.1, 0.15) is 0 Å². The van der Waals surface area contributed by atoms with E-state index in [-0.39, 0.29) is 11.9 Å². The van der Waals surface area contributed by atoms with E-state index in [0.717, 1.165) is 16.8 Å². The van der Waals surface area contributed by atoms with Gasteiger partial charge in [0.25, 0.3) is 5.91 Å². The van der Waals surface area contributed by atoms with Crippen LogP contribution in [0.2, 0.25) is 5.02 Å². The van der Waals surface area contributed by atoms with Crippen LogP contribution in [0.4, 0.5) is 5.69 Å². The van der Waals surface area contributed by atoms with Gasteiger partial charge in [0.05, 0.1) is 11.7 Å². The molecule has 2 aromatic rings. The maximum absolute atomic E-state index is 12.3. The molecule has 2 rings (SSSR count). The van der Waals surface area contributed by atoms with Crippen molar-refractivity contribution in [3.63, 3.8) is 0 Å². The minimum absolute atomic E-state index is 0.0950. The van der Waals surface area contributed by atoms with E-state index in [1.54, 1.807) is 18.2 Å². The van der Waals surface area contributed by atoms with Gasteiger partial charge in [-0.3, -0.25) is 10.6 Å². The fourth-order valence-corrected chi connectivity index (χ4v) is 2.21. The summed E-state index contributed by atoms with van der Waals surface area (Å²) < 4.78 is 0. The molecule has 0 aliphatic carbocycles. The number of aryl methyl sites for hydroxylation is 1. The van der Waals surface area contributed by atoms with Crippen LogP contribution in [-0.4, -0.2) is 5.91 Å². The monoisotopic (exact) mass is 303 g/mol. The van der Waals surface area contributed by atoms with Crippen LogP contribution in [0, 0.1) is 6.92 Å². The lowest BCUT2D eigenvalue weighted by Gasteiger charge is -2.15. The first-order valence-electron chi connectivity index (χ1n) is 6.65. The summed E-state index contributed by atoms with van der Waals surface area (Å²) >= 11 is 5.86. The first-order valence-corrected chi connectivity index (χ1v) is 7.02. The zero-order valence-corrected chi connectivity index (χ0v) is 12.7. The highest BCUT2D eigenvalue weighted by atomic mass is 35.5. The Morgan fingerprint density at radius 2 is 1.86 bits per heavy atom. The number of halogens is 1. The van der Waals surface area contributed by atoms with Crippen molar-refractivity contribution in [2.75, 3.05) is 5.43 Å². The molecule has 1 amide bonds. The van der Waals surface area contributed by atoms with Crippen LogP contribution in [0.3, 0.4) is 0 Å². The summed E-state index contributed by atoms with van der Waals surface area (Å²) in [6.07, 6.45) is 0. The molecular formula is C16H18ClN3O. The fourth-order valence-electron chi connectivity index (χ4n) is 2.08. The summed E-state index contributed by atoms with van der Waals surface area (Å²) in [5, 5.41) is 3.64. The number of anilines is 1. The summed E-state index contributed by atoms with van der Waals surface area (Å²) in [6.45, 7) is 3.83. The van der Waals surface area contributed by atoms with E-state index in [1.807, 2.05) is 38.1 Å². The topological polar surface area (TPSA) is 67.2 Å². The second-order valence-electron chi connectivity index (χ2n) is 4.92. The third kappa shape index (κ3) is 3.74. The highest BCUT2D eigenvalue weighted by Crippen LogP contribution is 2.18. The molecule has 0 saturated carbocycles. The molecule has 1 atom stereocenters. The zero-order chi connectivity index (χ0) is 15.4. The van der Waals surface area contributed by atoms with Gasteiger partial charge in [0.2, 0.25) is 0 Å². The van der Waals surface area contributed by atoms with Gasteiger partial charge in [-0.15, -0.1) is 0 Å². The molecule has 5 heteroatoms. The van der Waals surface area contributed by atoms with Gasteiger partial charge >= 0.3 is 0 Å². The second kappa shape index (κ2) is 6.61. The van der Waals surface area contributed by atoms with Crippen molar-refractivity contribution in [2.24, 2.45) is 5.84 Å². The number of hydrogen-bond donors (Lipinski definition) is 3. The lowest BCUT2D eigenvalue weighted by Crippen LogP contribution is -2.26. The Bertz CT molecular complexity index is 640. The lowest BCUT2D eigenvalue weighted by molar-refractivity contribution is 0.0940. The second-order valence-corrected chi connectivity index (χ2v) is 5.36. The molecule has 0 spiro atoms. The van der Waals surface area contributed by atoms with Crippen molar-refractivity contribution >= 4 is 23.2 Å². The zero-order valence-electron chi connectivity index (χ0n) is 12.0. The van der Waals surface area contributed by atoms with Crippen molar-refractivity contribution in [1.29, 1.82) is 0 Å². The van der Waals surface area contributed by atoms with E-state index in [9.17, 15) is 4.79 Å². The molecule has 0 aliphatic rings. The summed E-state index contributed by atoms with van der Waals surface area (Å²) in [5.74, 6) is 5.26. The Kier molecular flexibility index (Phi) is 4.83. The number of rotatable bonds is 4. The number of nitrogens with one attached hydrogen (secondary N) is 2. The number of amides is 1. The van der Waals surface area contributed by atoms with Crippen molar-refractivity contribution in [2.45, 2.75) is 19.9 Å². The normalized spacial score (nSPS) is 11.8. The number of nitrogen functional groups attached to an aromatic ring is 1. The van der Waals surface area contributed by atoms with Crippen molar-refractivity contribution in [1.82, 2.24) is 5.32 Å². The van der Waals surface area contributed by atoms with Crippen LogP contribution in [0.1, 0.15) is 34.5 Å². The average molecular weight is 304 g/mol. The van der Waals surface area contributed by atoms with Crippen LogP contribution in [0.5, 0.6) is 0 Å². The maximum atomic E-state index is 12.3. The van der Waals surface area contributed by atoms with Gasteiger partial charge in [0.15, 0.2) is 0 Å². The molecule has 0 saturated heterocycles. The predicted octanol–water partition coefficient (Wildman–Crippen LogP) is 3.43. The SMILES string of the molecule is Cc1cc(C(=O)NC(C)c2ccc(Cl)cc2)ccc1NN. The fraction of sp³-hybridized carbons (Fsp3) is 0.188. The molecule has 21 heavy (non-hydrogen) atoms. The van der Waals surface area contributed by atoms with Crippen LogP contribution in [-0.2, 0) is 0 Å².